The maximum atomic E-state index is 12.7. The fourth-order valence-corrected chi connectivity index (χ4v) is 4.45. The van der Waals surface area contributed by atoms with E-state index in [-0.39, 0.29) is 25.0 Å². The molecule has 0 aromatic carbocycles. The lowest BCUT2D eigenvalue weighted by molar-refractivity contribution is -0.119. The van der Waals surface area contributed by atoms with Crippen LogP contribution in [0.5, 0.6) is 5.88 Å². The predicted molar refractivity (Wildman–Crippen MR) is 126 cm³/mol. The van der Waals surface area contributed by atoms with Gasteiger partial charge < -0.3 is 19.7 Å². The maximum Gasteiger partial charge on any atom is 0.411 e. The molecule has 1 aliphatic carbocycles. The van der Waals surface area contributed by atoms with Gasteiger partial charge in [-0.1, -0.05) is 0 Å². The Morgan fingerprint density at radius 1 is 1.19 bits per heavy atom. The fourth-order valence-electron chi connectivity index (χ4n) is 4.45. The summed E-state index contributed by atoms with van der Waals surface area (Å²) >= 11 is 0. The minimum absolute atomic E-state index is 0.144. The molecule has 5 heterocycles. The lowest BCUT2D eigenvalue weighted by Crippen LogP contribution is -2.55. The van der Waals surface area contributed by atoms with Gasteiger partial charge in [-0.05, 0) is 31.0 Å². The highest BCUT2D eigenvalue weighted by Crippen LogP contribution is 2.35. The normalized spacial score (nSPS) is 21.8. The van der Waals surface area contributed by atoms with E-state index in [4.69, 9.17) is 14.5 Å². The predicted octanol–water partition coefficient (Wildman–Crippen LogP) is 1.37. The summed E-state index contributed by atoms with van der Waals surface area (Å²) in [5.74, 6) is 1.10. The number of nitrogens with zero attached hydrogens (tertiary/aromatic N) is 7. The smallest absolute Gasteiger partial charge is 0.411 e. The van der Waals surface area contributed by atoms with E-state index < -0.39 is 18.2 Å². The molecule has 2 aliphatic heterocycles. The van der Waals surface area contributed by atoms with Crippen molar-refractivity contribution in [2.75, 3.05) is 31.1 Å². The summed E-state index contributed by atoms with van der Waals surface area (Å²) in [5, 5.41) is 16.8. The molecule has 1 saturated carbocycles. The first-order valence-corrected chi connectivity index (χ1v) is 11.9. The summed E-state index contributed by atoms with van der Waals surface area (Å²) in [6.45, 7) is 1.35. The van der Waals surface area contributed by atoms with E-state index in [9.17, 15) is 14.9 Å². The Hall–Kier alpha value is -4.40. The molecule has 0 radical (unpaired) electrons. The Bertz CT molecular complexity index is 1360. The number of fused-ring (bicyclic) bond motifs is 1. The Kier molecular flexibility index (Phi) is 5.52. The summed E-state index contributed by atoms with van der Waals surface area (Å²) in [7, 11) is 0. The van der Waals surface area contributed by atoms with E-state index in [1.54, 1.807) is 16.9 Å². The zero-order chi connectivity index (χ0) is 24.6. The molecule has 3 aromatic rings. The summed E-state index contributed by atoms with van der Waals surface area (Å²) in [4.78, 5) is 36.7. The minimum Gasteiger partial charge on any atom is -0.474 e. The van der Waals surface area contributed by atoms with Crippen LogP contribution in [-0.4, -0.2) is 80.9 Å². The first-order valence-electron chi connectivity index (χ1n) is 11.9. The summed E-state index contributed by atoms with van der Waals surface area (Å²) in [6, 6.07) is 7.13. The van der Waals surface area contributed by atoms with Crippen molar-refractivity contribution >= 4 is 23.5 Å². The number of hydrogen-bond donors (Lipinski definition) is 1. The number of amides is 2. The van der Waals surface area contributed by atoms with Crippen molar-refractivity contribution in [3.63, 3.8) is 0 Å². The molecule has 3 aliphatic rings. The molecule has 6 rings (SSSR count). The Balaban J connectivity index is 1.22. The number of carbonyl (C=O) groups excluding carboxylic acids is 2. The van der Waals surface area contributed by atoms with Crippen LogP contribution in [0.1, 0.15) is 19.3 Å². The number of pyridine rings is 1. The van der Waals surface area contributed by atoms with Crippen molar-refractivity contribution in [3.8, 4) is 23.1 Å². The number of hydrogen-bond acceptors (Lipinski definition) is 9. The SMILES string of the molecule is N#C[C@@H]1CN(c2ccn3ncc(-c4cccnc4OC4CC4)c3n2)CCN1C(=O)O[C@@H]1CNC(=O)C1. The standard InChI is InChI=1S/C24H24N8O4/c25-11-15-14-30(8-9-31(15)24(34)36-17-10-21(33)27-12-17)20-5-7-32-22(29-20)19(13-28-32)18-2-1-6-26-23(18)35-16-3-4-16/h1-2,5-7,13,15-17H,3-4,8-10,12,14H2,(H,27,33)/t15-,17+/m1/s1. The van der Waals surface area contributed by atoms with E-state index in [2.05, 4.69) is 21.5 Å². The highest BCUT2D eigenvalue weighted by atomic mass is 16.6. The number of nitriles is 1. The van der Waals surface area contributed by atoms with Crippen LogP contribution in [0.15, 0.2) is 36.8 Å². The molecule has 2 amide bonds. The van der Waals surface area contributed by atoms with Crippen molar-refractivity contribution < 1.29 is 19.1 Å². The first kappa shape index (κ1) is 22.1. The second-order valence-electron chi connectivity index (χ2n) is 9.08. The molecule has 36 heavy (non-hydrogen) atoms. The second-order valence-corrected chi connectivity index (χ2v) is 9.08. The molecule has 3 aromatic heterocycles. The molecule has 3 fully saturated rings. The van der Waals surface area contributed by atoms with Crippen LogP contribution in [0.4, 0.5) is 10.6 Å². The average molecular weight is 489 g/mol. The average Bonchev–Trinajstić information content (AvgIpc) is 3.47. The second kappa shape index (κ2) is 8.99. The Labute approximate surface area is 206 Å². The van der Waals surface area contributed by atoms with E-state index >= 15 is 0 Å². The van der Waals surface area contributed by atoms with Gasteiger partial charge in [-0.15, -0.1) is 0 Å². The largest absolute Gasteiger partial charge is 0.474 e. The summed E-state index contributed by atoms with van der Waals surface area (Å²) < 4.78 is 13.1. The lowest BCUT2D eigenvalue weighted by Gasteiger charge is -2.38. The van der Waals surface area contributed by atoms with E-state index in [0.717, 1.165) is 24.0 Å². The third-order valence-corrected chi connectivity index (χ3v) is 6.51. The highest BCUT2D eigenvalue weighted by Gasteiger charge is 2.35. The van der Waals surface area contributed by atoms with Gasteiger partial charge in [0.15, 0.2) is 5.65 Å². The summed E-state index contributed by atoms with van der Waals surface area (Å²) in [5.41, 5.74) is 2.28. The van der Waals surface area contributed by atoms with E-state index in [0.29, 0.717) is 37.0 Å². The molecule has 2 saturated heterocycles. The van der Waals surface area contributed by atoms with Crippen molar-refractivity contribution in [3.05, 3.63) is 36.8 Å². The van der Waals surface area contributed by atoms with Crippen molar-refractivity contribution in [1.29, 1.82) is 5.26 Å². The topological polar surface area (TPSA) is 138 Å². The number of aromatic nitrogens is 4. The van der Waals surface area contributed by atoms with Crippen molar-refractivity contribution in [2.45, 2.75) is 37.5 Å². The van der Waals surface area contributed by atoms with Crippen molar-refractivity contribution in [2.24, 2.45) is 0 Å². The van der Waals surface area contributed by atoms with Crippen LogP contribution in [0.3, 0.4) is 0 Å². The number of anilines is 1. The molecule has 0 unspecified atom stereocenters. The van der Waals surface area contributed by atoms with Crippen LogP contribution in [0.25, 0.3) is 16.8 Å². The minimum atomic E-state index is -0.712. The fraction of sp³-hybridized carbons (Fsp3) is 0.417. The van der Waals surface area contributed by atoms with Gasteiger partial charge in [0.2, 0.25) is 11.8 Å². The molecule has 0 spiro atoms. The Morgan fingerprint density at radius 3 is 2.86 bits per heavy atom. The molecule has 12 heteroatoms. The van der Waals surface area contributed by atoms with E-state index in [1.165, 1.54) is 4.90 Å². The zero-order valence-electron chi connectivity index (χ0n) is 19.4. The molecule has 1 N–H and O–H groups in total. The van der Waals surface area contributed by atoms with Gasteiger partial charge in [0.05, 0.1) is 37.3 Å². The van der Waals surface area contributed by atoms with Crippen LogP contribution in [0.2, 0.25) is 0 Å². The molecule has 184 valence electrons. The third kappa shape index (κ3) is 4.24. The maximum absolute atomic E-state index is 12.7. The van der Waals surface area contributed by atoms with Crippen LogP contribution >= 0.6 is 0 Å². The molecule has 12 nitrogen and oxygen atoms in total. The number of rotatable bonds is 5. The lowest BCUT2D eigenvalue weighted by atomic mass is 10.1. The van der Waals surface area contributed by atoms with Crippen molar-refractivity contribution in [1.82, 2.24) is 29.8 Å². The summed E-state index contributed by atoms with van der Waals surface area (Å²) in [6.07, 6.45) is 6.61. The van der Waals surface area contributed by atoms with Crippen LogP contribution in [-0.2, 0) is 9.53 Å². The van der Waals surface area contributed by atoms with Crippen LogP contribution in [0, 0.1) is 11.3 Å². The molecular weight excluding hydrogens is 464 g/mol. The van der Waals surface area contributed by atoms with Gasteiger partial charge in [-0.3, -0.25) is 9.69 Å². The number of ether oxygens (including phenoxy) is 2. The number of nitrogens with one attached hydrogen (secondary N) is 1. The Morgan fingerprint density at radius 2 is 2.08 bits per heavy atom. The van der Waals surface area contributed by atoms with Gasteiger partial charge in [-0.2, -0.15) is 10.4 Å². The molecule has 0 bridgehead atoms. The van der Waals surface area contributed by atoms with Gasteiger partial charge in [0.25, 0.3) is 0 Å². The monoisotopic (exact) mass is 488 g/mol. The van der Waals surface area contributed by atoms with E-state index in [1.807, 2.05) is 29.3 Å². The highest BCUT2D eigenvalue weighted by molar-refractivity contribution is 5.81. The first-order chi connectivity index (χ1) is 17.6. The van der Waals surface area contributed by atoms with Crippen LogP contribution < -0.4 is 15.0 Å². The van der Waals surface area contributed by atoms with Gasteiger partial charge in [0.1, 0.15) is 24.1 Å². The number of carbonyl (C=O) groups is 2. The third-order valence-electron chi connectivity index (χ3n) is 6.51. The van der Waals surface area contributed by atoms with Gasteiger partial charge >= 0.3 is 6.09 Å². The van der Waals surface area contributed by atoms with Gasteiger partial charge in [-0.25, -0.2) is 19.3 Å². The number of piperazine rings is 1. The molecular formula is C24H24N8O4. The van der Waals surface area contributed by atoms with Gasteiger partial charge in [0, 0.05) is 31.0 Å². The zero-order valence-corrected chi connectivity index (χ0v) is 19.4. The quantitative estimate of drug-likeness (QED) is 0.564. The molecule has 2 atom stereocenters.